The van der Waals surface area contributed by atoms with Crippen LogP contribution in [0, 0.1) is 6.92 Å². The normalized spacial score (nSPS) is 10.8. The van der Waals surface area contributed by atoms with Crippen molar-refractivity contribution < 1.29 is 4.79 Å². The Kier molecular flexibility index (Phi) is 3.53. The lowest BCUT2D eigenvalue weighted by molar-refractivity contribution is 0.101. The molecule has 21 heavy (non-hydrogen) atoms. The Morgan fingerprint density at radius 1 is 1.05 bits per heavy atom. The molecule has 0 atom stereocenters. The Balaban J connectivity index is 2.02. The van der Waals surface area contributed by atoms with Gasteiger partial charge in [0.1, 0.15) is 0 Å². The molecule has 0 saturated carbocycles. The van der Waals surface area contributed by atoms with Gasteiger partial charge < -0.3 is 0 Å². The molecule has 1 aromatic heterocycles. The fourth-order valence-electron chi connectivity index (χ4n) is 2.51. The molecule has 0 radical (unpaired) electrons. The van der Waals surface area contributed by atoms with Crippen molar-refractivity contribution in [3.05, 3.63) is 77.0 Å². The molecule has 2 aromatic carbocycles. The van der Waals surface area contributed by atoms with Crippen LogP contribution in [0.4, 0.5) is 0 Å². The number of pyridine rings is 1. The van der Waals surface area contributed by atoms with E-state index >= 15 is 0 Å². The van der Waals surface area contributed by atoms with E-state index in [0.29, 0.717) is 5.56 Å². The number of ketones is 1. The third-order valence-corrected chi connectivity index (χ3v) is 3.75. The zero-order chi connectivity index (χ0) is 14.8. The molecule has 3 aromatic rings. The first-order valence-electron chi connectivity index (χ1n) is 7.07. The number of aryl methyl sites for hydroxylation is 1. The van der Waals surface area contributed by atoms with Crippen LogP contribution in [0.3, 0.4) is 0 Å². The highest BCUT2D eigenvalue weighted by atomic mass is 16.1. The van der Waals surface area contributed by atoms with Crippen LogP contribution < -0.4 is 0 Å². The van der Waals surface area contributed by atoms with Crippen molar-refractivity contribution in [1.82, 2.24) is 4.98 Å². The zero-order valence-electron chi connectivity index (χ0n) is 12.3. The van der Waals surface area contributed by atoms with Gasteiger partial charge in [0, 0.05) is 17.1 Å². The largest absolute Gasteiger partial charge is 0.295 e. The predicted octanol–water partition coefficient (Wildman–Crippen LogP) is 4.34. The Hall–Kier alpha value is -2.48. The van der Waals surface area contributed by atoms with E-state index < -0.39 is 0 Å². The molecule has 0 aliphatic heterocycles. The minimum absolute atomic E-state index is 0.0719. The third kappa shape index (κ3) is 2.84. The minimum atomic E-state index is 0.0719. The van der Waals surface area contributed by atoms with Gasteiger partial charge in [-0.3, -0.25) is 9.78 Å². The summed E-state index contributed by atoms with van der Waals surface area (Å²) in [5.74, 6) is 0.0719. The van der Waals surface area contributed by atoms with Gasteiger partial charge >= 0.3 is 0 Å². The monoisotopic (exact) mass is 275 g/mol. The number of aromatic nitrogens is 1. The van der Waals surface area contributed by atoms with Crippen LogP contribution in [-0.4, -0.2) is 10.8 Å². The first kappa shape index (κ1) is 13.5. The maximum atomic E-state index is 11.5. The highest BCUT2D eigenvalue weighted by molar-refractivity contribution is 5.98. The lowest BCUT2D eigenvalue weighted by Gasteiger charge is -2.07. The van der Waals surface area contributed by atoms with Crippen molar-refractivity contribution >= 4 is 16.7 Å². The van der Waals surface area contributed by atoms with Crippen molar-refractivity contribution in [3.63, 3.8) is 0 Å². The Labute approximate surface area is 124 Å². The van der Waals surface area contributed by atoms with Crippen molar-refractivity contribution in [2.24, 2.45) is 0 Å². The SMILES string of the molecule is CC(=O)c1ccc2c(Cc3ccc(C)cc3)ccnc2c1. The molecule has 0 fully saturated rings. The second-order valence-electron chi connectivity index (χ2n) is 5.42. The number of hydrogen-bond donors (Lipinski definition) is 0. The summed E-state index contributed by atoms with van der Waals surface area (Å²) in [6, 6.07) is 16.4. The molecule has 0 saturated heterocycles. The number of nitrogens with zero attached hydrogens (tertiary/aromatic N) is 1. The molecule has 2 heteroatoms. The van der Waals surface area contributed by atoms with E-state index in [1.807, 2.05) is 24.4 Å². The van der Waals surface area contributed by atoms with Gasteiger partial charge in [0.05, 0.1) is 5.52 Å². The highest BCUT2D eigenvalue weighted by Crippen LogP contribution is 2.21. The first-order chi connectivity index (χ1) is 10.1. The van der Waals surface area contributed by atoms with Crippen molar-refractivity contribution in [2.45, 2.75) is 20.3 Å². The van der Waals surface area contributed by atoms with Crippen LogP contribution >= 0.6 is 0 Å². The van der Waals surface area contributed by atoms with E-state index in [1.54, 1.807) is 6.92 Å². The van der Waals surface area contributed by atoms with E-state index in [4.69, 9.17) is 0 Å². The maximum Gasteiger partial charge on any atom is 0.159 e. The quantitative estimate of drug-likeness (QED) is 0.666. The van der Waals surface area contributed by atoms with Gasteiger partial charge in [-0.25, -0.2) is 0 Å². The third-order valence-electron chi connectivity index (χ3n) is 3.75. The first-order valence-corrected chi connectivity index (χ1v) is 7.07. The predicted molar refractivity (Wildman–Crippen MR) is 85.7 cm³/mol. The van der Waals surface area contributed by atoms with Crippen LogP contribution in [0.1, 0.15) is 34.0 Å². The van der Waals surface area contributed by atoms with Crippen molar-refractivity contribution in [1.29, 1.82) is 0 Å². The van der Waals surface area contributed by atoms with E-state index in [-0.39, 0.29) is 5.78 Å². The van der Waals surface area contributed by atoms with Crippen LogP contribution in [0.2, 0.25) is 0 Å². The topological polar surface area (TPSA) is 30.0 Å². The molecule has 0 aliphatic rings. The molecule has 2 nitrogen and oxygen atoms in total. The number of carbonyl (C=O) groups excluding carboxylic acids is 1. The number of benzene rings is 2. The smallest absolute Gasteiger partial charge is 0.159 e. The molecule has 3 rings (SSSR count). The number of fused-ring (bicyclic) bond motifs is 1. The molecular formula is C19H17NO. The van der Waals surface area contributed by atoms with Gasteiger partial charge in [-0.05, 0) is 43.5 Å². The summed E-state index contributed by atoms with van der Waals surface area (Å²) in [7, 11) is 0. The molecule has 1 heterocycles. The highest BCUT2D eigenvalue weighted by Gasteiger charge is 2.06. The van der Waals surface area contributed by atoms with E-state index in [9.17, 15) is 4.79 Å². The molecule has 104 valence electrons. The van der Waals surface area contributed by atoms with E-state index in [2.05, 4.69) is 42.2 Å². The summed E-state index contributed by atoms with van der Waals surface area (Å²) < 4.78 is 0. The van der Waals surface area contributed by atoms with E-state index in [0.717, 1.165) is 17.3 Å². The van der Waals surface area contributed by atoms with Gasteiger partial charge in [-0.1, -0.05) is 42.0 Å². The van der Waals surface area contributed by atoms with Crippen LogP contribution in [-0.2, 0) is 6.42 Å². The second-order valence-corrected chi connectivity index (χ2v) is 5.42. The maximum absolute atomic E-state index is 11.5. The molecular weight excluding hydrogens is 258 g/mol. The summed E-state index contributed by atoms with van der Waals surface area (Å²) in [6.07, 6.45) is 2.69. The van der Waals surface area contributed by atoms with Gasteiger partial charge in [-0.2, -0.15) is 0 Å². The second kappa shape index (κ2) is 5.49. The fraction of sp³-hybridized carbons (Fsp3) is 0.158. The molecule has 0 N–H and O–H groups in total. The summed E-state index contributed by atoms with van der Waals surface area (Å²) in [5, 5.41) is 1.11. The molecule has 0 amide bonds. The molecule has 0 bridgehead atoms. The Morgan fingerprint density at radius 2 is 1.81 bits per heavy atom. The Bertz CT molecular complexity index is 803. The summed E-state index contributed by atoms with van der Waals surface area (Å²) in [5.41, 5.74) is 5.38. The summed E-state index contributed by atoms with van der Waals surface area (Å²) in [6.45, 7) is 3.67. The van der Waals surface area contributed by atoms with E-state index in [1.165, 1.54) is 16.7 Å². The average Bonchev–Trinajstić information content (AvgIpc) is 2.49. The van der Waals surface area contributed by atoms with Gasteiger partial charge in [-0.15, -0.1) is 0 Å². The zero-order valence-corrected chi connectivity index (χ0v) is 12.3. The number of rotatable bonds is 3. The lowest BCUT2D eigenvalue weighted by Crippen LogP contribution is -1.95. The van der Waals surface area contributed by atoms with Crippen molar-refractivity contribution in [2.75, 3.05) is 0 Å². The van der Waals surface area contributed by atoms with Gasteiger partial charge in [0.15, 0.2) is 5.78 Å². The standard InChI is InChI=1S/C19H17NO/c1-13-3-5-15(6-4-13)11-17-9-10-20-19-12-16(14(2)21)7-8-18(17)19/h3-10,12H,11H2,1-2H3. The molecule has 0 spiro atoms. The fourth-order valence-corrected chi connectivity index (χ4v) is 2.51. The summed E-state index contributed by atoms with van der Waals surface area (Å²) in [4.78, 5) is 15.9. The van der Waals surface area contributed by atoms with Crippen molar-refractivity contribution in [3.8, 4) is 0 Å². The summed E-state index contributed by atoms with van der Waals surface area (Å²) >= 11 is 0. The van der Waals surface area contributed by atoms with Gasteiger partial charge in [0.25, 0.3) is 0 Å². The molecule has 0 aliphatic carbocycles. The lowest BCUT2D eigenvalue weighted by atomic mass is 9.99. The van der Waals surface area contributed by atoms with Gasteiger partial charge in [0.2, 0.25) is 0 Å². The number of hydrogen-bond acceptors (Lipinski definition) is 2. The van der Waals surface area contributed by atoms with Crippen LogP contribution in [0.5, 0.6) is 0 Å². The number of Topliss-reactive ketones (excluding diaryl/α,β-unsaturated/α-hetero) is 1. The molecule has 0 unspecified atom stereocenters. The average molecular weight is 275 g/mol. The number of carbonyl (C=O) groups is 1. The van der Waals surface area contributed by atoms with Crippen LogP contribution in [0.15, 0.2) is 54.7 Å². The van der Waals surface area contributed by atoms with Crippen LogP contribution in [0.25, 0.3) is 10.9 Å². The minimum Gasteiger partial charge on any atom is -0.295 e. The Morgan fingerprint density at radius 3 is 2.52 bits per heavy atom.